The summed E-state index contributed by atoms with van der Waals surface area (Å²) < 4.78 is 5.84. The minimum atomic E-state index is -0.647. The zero-order valence-corrected chi connectivity index (χ0v) is 17.9. The fourth-order valence-electron chi connectivity index (χ4n) is 3.58. The monoisotopic (exact) mass is 362 g/mol. The molecule has 0 saturated carbocycles. The lowest BCUT2D eigenvalue weighted by Gasteiger charge is -2.34. The van der Waals surface area contributed by atoms with Crippen LogP contribution in [0.25, 0.3) is 0 Å². The topological polar surface area (TPSA) is 49.7 Å². The summed E-state index contributed by atoms with van der Waals surface area (Å²) in [6.07, 6.45) is 2.87. The van der Waals surface area contributed by atoms with E-state index in [1.54, 1.807) is 6.08 Å². The molecule has 0 saturated heterocycles. The van der Waals surface area contributed by atoms with Gasteiger partial charge in [-0.3, -0.25) is 0 Å². The molecule has 0 aliphatic rings. The number of aromatic hydroxyl groups is 1. The molecule has 0 spiro atoms. The average Bonchev–Trinajstić information content (AvgIpc) is 2.45. The van der Waals surface area contributed by atoms with Crippen LogP contribution in [0.2, 0.25) is 0 Å². The number of hydrogen-bond donors (Lipinski definition) is 2. The molecule has 1 unspecified atom stereocenters. The molecule has 1 aromatic rings. The van der Waals surface area contributed by atoms with Crippen LogP contribution in [0.3, 0.4) is 0 Å². The van der Waals surface area contributed by atoms with Crippen LogP contribution in [-0.2, 0) is 5.41 Å². The number of benzene rings is 1. The first kappa shape index (κ1) is 22.6. The van der Waals surface area contributed by atoms with Gasteiger partial charge in [0.2, 0.25) is 0 Å². The first-order valence-corrected chi connectivity index (χ1v) is 9.45. The summed E-state index contributed by atoms with van der Waals surface area (Å²) in [6.45, 7) is 20.9. The zero-order valence-electron chi connectivity index (χ0n) is 17.9. The predicted octanol–water partition coefficient (Wildman–Crippen LogP) is 5.76. The van der Waals surface area contributed by atoms with Crippen molar-refractivity contribution in [3.63, 3.8) is 0 Å². The molecule has 0 heterocycles. The number of ether oxygens (including phenoxy) is 1. The molecule has 3 heteroatoms. The number of aliphatic hydroxyl groups is 1. The summed E-state index contributed by atoms with van der Waals surface area (Å²) in [5, 5.41) is 20.9. The van der Waals surface area contributed by atoms with Crippen molar-refractivity contribution in [1.29, 1.82) is 0 Å². The Kier molecular flexibility index (Phi) is 6.98. The van der Waals surface area contributed by atoms with E-state index >= 15 is 0 Å². The summed E-state index contributed by atoms with van der Waals surface area (Å²) in [5.74, 6) is 0.587. The molecule has 2 N–H and O–H groups in total. The molecule has 26 heavy (non-hydrogen) atoms. The van der Waals surface area contributed by atoms with Gasteiger partial charge in [0.05, 0.1) is 6.10 Å². The van der Waals surface area contributed by atoms with Crippen molar-refractivity contribution in [2.75, 3.05) is 6.61 Å². The van der Waals surface area contributed by atoms with Crippen LogP contribution in [0.5, 0.6) is 11.5 Å². The van der Waals surface area contributed by atoms with Crippen LogP contribution in [0, 0.1) is 17.8 Å². The van der Waals surface area contributed by atoms with Gasteiger partial charge in [-0.25, -0.2) is 0 Å². The molecule has 0 amide bonds. The summed E-state index contributed by atoms with van der Waals surface area (Å²) >= 11 is 0. The Bertz CT molecular complexity index is 621. The summed E-state index contributed by atoms with van der Waals surface area (Å²) in [4.78, 5) is 0. The van der Waals surface area contributed by atoms with E-state index < -0.39 is 6.10 Å². The highest BCUT2D eigenvalue weighted by Crippen LogP contribution is 2.41. The Balaban J connectivity index is 3.07. The highest BCUT2D eigenvalue weighted by atomic mass is 16.5. The van der Waals surface area contributed by atoms with E-state index in [1.165, 1.54) is 0 Å². The minimum absolute atomic E-state index is 0.0461. The van der Waals surface area contributed by atoms with Crippen LogP contribution >= 0.6 is 0 Å². The van der Waals surface area contributed by atoms with Crippen LogP contribution in [-0.4, -0.2) is 22.9 Å². The van der Waals surface area contributed by atoms with Gasteiger partial charge >= 0.3 is 0 Å². The predicted molar refractivity (Wildman–Crippen MR) is 110 cm³/mol. The lowest BCUT2D eigenvalue weighted by atomic mass is 9.72. The molecule has 0 fully saturated rings. The molecular weight excluding hydrogens is 324 g/mol. The fraction of sp³-hybridized carbons (Fsp3) is 0.652. The molecule has 148 valence electrons. The molecule has 1 aromatic carbocycles. The van der Waals surface area contributed by atoms with Crippen molar-refractivity contribution in [2.24, 2.45) is 10.8 Å². The van der Waals surface area contributed by atoms with E-state index in [9.17, 15) is 10.2 Å². The molecule has 0 bridgehead atoms. The Hall–Kier alpha value is -1.48. The maximum Gasteiger partial charge on any atom is 0.161 e. The van der Waals surface area contributed by atoms with Crippen LogP contribution in [0.4, 0.5) is 0 Å². The Morgan fingerprint density at radius 3 is 2.19 bits per heavy atom. The number of phenolic OH excluding ortho intramolecular Hbond substituents is 1. The van der Waals surface area contributed by atoms with Crippen molar-refractivity contribution in [2.45, 2.75) is 79.8 Å². The molecule has 3 nitrogen and oxygen atoms in total. The molecule has 0 aliphatic heterocycles. The average molecular weight is 363 g/mol. The highest BCUT2D eigenvalue weighted by Gasteiger charge is 2.30. The minimum Gasteiger partial charge on any atom is -0.504 e. The zero-order chi connectivity index (χ0) is 20.3. The number of rotatable bonds is 8. The second kappa shape index (κ2) is 8.04. The summed E-state index contributed by atoms with van der Waals surface area (Å²) in [7, 11) is 0. The first-order chi connectivity index (χ1) is 11.7. The molecule has 0 radical (unpaired) electrons. The van der Waals surface area contributed by atoms with Crippen LogP contribution < -0.4 is 4.74 Å². The number of allylic oxidation sites excluding steroid dienone is 1. The van der Waals surface area contributed by atoms with Crippen molar-refractivity contribution in [1.82, 2.24) is 0 Å². The Morgan fingerprint density at radius 1 is 1.12 bits per heavy atom. The molecule has 0 aromatic heterocycles. The summed E-state index contributed by atoms with van der Waals surface area (Å²) in [5.41, 5.74) is 1.75. The molecule has 0 aliphatic carbocycles. The smallest absolute Gasteiger partial charge is 0.161 e. The Morgan fingerprint density at radius 2 is 1.69 bits per heavy atom. The second-order valence-electron chi connectivity index (χ2n) is 10.1. The lowest BCUT2D eigenvalue weighted by Crippen LogP contribution is -2.34. The van der Waals surface area contributed by atoms with Gasteiger partial charge in [0.25, 0.3) is 0 Å². The van der Waals surface area contributed by atoms with Gasteiger partial charge in [-0.2, -0.15) is 0 Å². The van der Waals surface area contributed by atoms with E-state index in [2.05, 4.69) is 41.2 Å². The molecule has 1 rings (SSSR count). The van der Waals surface area contributed by atoms with E-state index in [0.717, 1.165) is 17.5 Å². The quantitative estimate of drug-likeness (QED) is 0.578. The Labute approximate surface area is 160 Å². The normalized spacial score (nSPS) is 14.2. The highest BCUT2D eigenvalue weighted by molar-refractivity contribution is 5.49. The summed E-state index contributed by atoms with van der Waals surface area (Å²) in [6, 6.07) is 3.95. The maximum absolute atomic E-state index is 10.5. The van der Waals surface area contributed by atoms with E-state index in [4.69, 9.17) is 4.74 Å². The van der Waals surface area contributed by atoms with Crippen molar-refractivity contribution in [3.05, 3.63) is 35.9 Å². The van der Waals surface area contributed by atoms with Gasteiger partial charge in [0.1, 0.15) is 6.61 Å². The number of aryl methyl sites for hydroxylation is 1. The van der Waals surface area contributed by atoms with Gasteiger partial charge < -0.3 is 14.9 Å². The van der Waals surface area contributed by atoms with Gasteiger partial charge in [-0.05, 0) is 53.2 Å². The van der Waals surface area contributed by atoms with E-state index in [-0.39, 0.29) is 28.6 Å². The van der Waals surface area contributed by atoms with Gasteiger partial charge in [0, 0.05) is 0 Å². The van der Waals surface area contributed by atoms with Crippen LogP contribution in [0.15, 0.2) is 24.8 Å². The first-order valence-electron chi connectivity index (χ1n) is 9.45. The standard InChI is InChI=1S/C23H38O3/c1-10-11-22(6,7)19(24)14-26-18-13-17(12-16(2)20(18)25)23(8,9)15-21(3,4)5/h10,12-13,19,24-25H,1,11,14-15H2,2-9H3. The van der Waals surface area contributed by atoms with Crippen molar-refractivity contribution >= 4 is 0 Å². The molecular formula is C23H38O3. The number of phenols is 1. The second-order valence-corrected chi connectivity index (χ2v) is 10.1. The largest absolute Gasteiger partial charge is 0.504 e. The van der Waals surface area contributed by atoms with Gasteiger partial charge in [0.15, 0.2) is 11.5 Å². The van der Waals surface area contributed by atoms with Crippen molar-refractivity contribution < 1.29 is 14.9 Å². The molecule has 1 atom stereocenters. The van der Waals surface area contributed by atoms with Gasteiger partial charge in [-0.1, -0.05) is 60.6 Å². The third-order valence-electron chi connectivity index (χ3n) is 4.99. The SMILES string of the molecule is C=CCC(C)(C)C(O)COc1cc(C(C)(C)CC(C)(C)C)cc(C)c1O. The number of aliphatic hydroxyl groups excluding tert-OH is 1. The maximum atomic E-state index is 10.5. The third kappa shape index (κ3) is 6.05. The third-order valence-corrected chi connectivity index (χ3v) is 4.99. The van der Waals surface area contributed by atoms with E-state index in [0.29, 0.717) is 12.2 Å². The van der Waals surface area contributed by atoms with E-state index in [1.807, 2.05) is 32.9 Å². The van der Waals surface area contributed by atoms with Crippen molar-refractivity contribution in [3.8, 4) is 11.5 Å². The fourth-order valence-corrected chi connectivity index (χ4v) is 3.58. The lowest BCUT2D eigenvalue weighted by molar-refractivity contribution is 0.0126. The van der Waals surface area contributed by atoms with Crippen LogP contribution in [0.1, 0.15) is 72.4 Å². The van der Waals surface area contributed by atoms with Gasteiger partial charge in [-0.15, -0.1) is 6.58 Å². The number of hydrogen-bond acceptors (Lipinski definition) is 3.